The van der Waals surface area contributed by atoms with Crippen molar-refractivity contribution in [2.24, 2.45) is 0 Å². The molecule has 2 N–H and O–H groups in total. The fourth-order valence-electron chi connectivity index (χ4n) is 3.97. The average Bonchev–Trinajstić information content (AvgIpc) is 2.98. The van der Waals surface area contributed by atoms with Gasteiger partial charge < -0.3 is 29.7 Å². The summed E-state index contributed by atoms with van der Waals surface area (Å²) in [5, 5.41) is 5.44. The molecule has 10 nitrogen and oxygen atoms in total. The number of hydrogen-bond donors (Lipinski definition) is 2. The molecule has 0 aromatic heterocycles. The van der Waals surface area contributed by atoms with Crippen LogP contribution in [0.1, 0.15) is 57.6 Å². The van der Waals surface area contributed by atoms with Crippen molar-refractivity contribution in [3.63, 3.8) is 0 Å². The van der Waals surface area contributed by atoms with Crippen molar-refractivity contribution in [2.45, 2.75) is 70.5 Å². The molecule has 0 spiro atoms. The molecule has 2 rings (SSSR count). The number of unbranched alkanes of at least 4 members (excludes halogenated alkanes) is 1. The molecule has 0 heterocycles. The van der Waals surface area contributed by atoms with Gasteiger partial charge in [-0.2, -0.15) is 11.8 Å². The molecule has 0 aliphatic heterocycles. The molecule has 11 heteroatoms. The van der Waals surface area contributed by atoms with E-state index in [0.717, 1.165) is 11.3 Å². The molecule has 236 valence electrons. The molecule has 1 atom stereocenters. The quantitative estimate of drug-likeness (QED) is 0.140. The summed E-state index contributed by atoms with van der Waals surface area (Å²) in [7, 11) is 1.31. The zero-order valence-corrected chi connectivity index (χ0v) is 26.5. The summed E-state index contributed by atoms with van der Waals surface area (Å²) >= 11 is 1.68. The fourth-order valence-corrected chi connectivity index (χ4v) is 4.89. The molecule has 2 aromatic carbocycles. The van der Waals surface area contributed by atoms with E-state index in [1.54, 1.807) is 37.4 Å². The molecule has 0 unspecified atom stereocenters. The predicted octanol–water partition coefficient (Wildman–Crippen LogP) is 5.30. The number of ether oxygens (including phenoxy) is 3. The van der Waals surface area contributed by atoms with E-state index in [1.807, 2.05) is 60.7 Å². The molecule has 0 aliphatic rings. The van der Waals surface area contributed by atoms with Gasteiger partial charge >= 0.3 is 18.2 Å². The lowest BCUT2D eigenvalue weighted by molar-refractivity contribution is -0.142. The Morgan fingerprint density at radius 2 is 1.53 bits per heavy atom. The van der Waals surface area contributed by atoms with Gasteiger partial charge in [-0.15, -0.1) is 0 Å². The monoisotopic (exact) mass is 615 g/mol. The number of rotatable bonds is 17. The van der Waals surface area contributed by atoms with Crippen LogP contribution in [-0.4, -0.2) is 73.1 Å². The lowest BCUT2D eigenvalue weighted by Crippen LogP contribution is -2.50. The normalized spacial score (nSPS) is 11.6. The van der Waals surface area contributed by atoms with Crippen LogP contribution in [-0.2, 0) is 36.2 Å². The minimum Gasteiger partial charge on any atom is -0.469 e. The number of amides is 3. The second-order valence-electron chi connectivity index (χ2n) is 10.9. The maximum absolute atomic E-state index is 13.7. The van der Waals surface area contributed by atoms with E-state index in [1.165, 1.54) is 12.7 Å². The van der Waals surface area contributed by atoms with Crippen molar-refractivity contribution >= 4 is 35.8 Å². The lowest BCUT2D eigenvalue weighted by atomic mass is 10.1. The Balaban J connectivity index is 1.95. The van der Waals surface area contributed by atoms with E-state index < -0.39 is 29.8 Å². The number of nitrogens with one attached hydrogen (secondary N) is 2. The largest absolute Gasteiger partial charge is 0.469 e. The Kier molecular flexibility index (Phi) is 16.0. The zero-order valence-electron chi connectivity index (χ0n) is 25.6. The van der Waals surface area contributed by atoms with Crippen LogP contribution in [0.2, 0.25) is 0 Å². The van der Waals surface area contributed by atoms with Crippen LogP contribution in [0.3, 0.4) is 0 Å². The smallest absolute Gasteiger partial charge is 0.408 e. The average molecular weight is 616 g/mol. The molecule has 0 radical (unpaired) electrons. The molecule has 0 bridgehead atoms. The standard InChI is InChI=1S/C32H45N3O7S/c1-32(2,3)42-31(39)34-27(17-11-12-19-33-30(38)41-23-25-13-7-5-8-14-25)29(37)35(20-18-28(36)40-4)21-22-43-24-26-15-9-6-10-16-26/h5-10,13-16,27H,11-12,17-24H2,1-4H3,(H,33,38)(H,34,39)/t27-/m0/s1. The van der Waals surface area contributed by atoms with Crippen LogP contribution in [0.4, 0.5) is 9.59 Å². The maximum atomic E-state index is 13.7. The summed E-state index contributed by atoms with van der Waals surface area (Å²) < 4.78 is 15.4. The number of thioether (sulfide) groups is 1. The highest BCUT2D eigenvalue weighted by Crippen LogP contribution is 2.14. The van der Waals surface area contributed by atoms with Crippen LogP contribution in [0, 0.1) is 0 Å². The van der Waals surface area contributed by atoms with Crippen LogP contribution in [0.15, 0.2) is 60.7 Å². The van der Waals surface area contributed by atoms with E-state index in [0.29, 0.717) is 38.1 Å². The fraction of sp³-hybridized carbons (Fsp3) is 0.500. The maximum Gasteiger partial charge on any atom is 0.408 e. The zero-order chi connectivity index (χ0) is 31.5. The SMILES string of the molecule is COC(=O)CCN(CCSCc1ccccc1)C(=O)[C@H](CCCCNC(=O)OCc1ccccc1)NC(=O)OC(C)(C)C. The number of carbonyl (C=O) groups excluding carboxylic acids is 4. The number of esters is 1. The van der Waals surface area contributed by atoms with Crippen LogP contribution < -0.4 is 10.6 Å². The van der Waals surface area contributed by atoms with E-state index in [-0.39, 0.29) is 25.5 Å². The van der Waals surface area contributed by atoms with Gasteiger partial charge in [0.2, 0.25) is 5.91 Å². The molecular weight excluding hydrogens is 570 g/mol. The number of carbonyl (C=O) groups is 4. The van der Waals surface area contributed by atoms with Gasteiger partial charge in [0.25, 0.3) is 0 Å². The van der Waals surface area contributed by atoms with Crippen molar-refractivity contribution in [3.05, 3.63) is 71.8 Å². The Morgan fingerprint density at radius 3 is 2.16 bits per heavy atom. The Hall–Kier alpha value is -3.73. The van der Waals surface area contributed by atoms with Gasteiger partial charge in [-0.3, -0.25) is 9.59 Å². The van der Waals surface area contributed by atoms with Gasteiger partial charge in [-0.05, 0) is 51.2 Å². The molecular formula is C32H45N3O7S. The van der Waals surface area contributed by atoms with Crippen LogP contribution >= 0.6 is 11.8 Å². The molecule has 2 aromatic rings. The van der Waals surface area contributed by atoms with Crippen molar-refractivity contribution in [1.82, 2.24) is 15.5 Å². The summed E-state index contributed by atoms with van der Waals surface area (Å²) in [5.74, 6) is 0.720. The summed E-state index contributed by atoms with van der Waals surface area (Å²) in [6, 6.07) is 18.6. The highest BCUT2D eigenvalue weighted by Gasteiger charge is 2.28. The van der Waals surface area contributed by atoms with E-state index in [2.05, 4.69) is 10.6 Å². The molecule has 3 amide bonds. The van der Waals surface area contributed by atoms with Crippen LogP contribution in [0.5, 0.6) is 0 Å². The van der Waals surface area contributed by atoms with Crippen molar-refractivity contribution < 1.29 is 33.4 Å². The van der Waals surface area contributed by atoms with Crippen molar-refractivity contribution in [2.75, 3.05) is 32.5 Å². The Morgan fingerprint density at radius 1 is 0.884 bits per heavy atom. The molecule has 0 saturated heterocycles. The van der Waals surface area contributed by atoms with Crippen molar-refractivity contribution in [3.8, 4) is 0 Å². The highest BCUT2D eigenvalue weighted by molar-refractivity contribution is 7.98. The summed E-state index contributed by atoms with van der Waals surface area (Å²) in [6.07, 6.45) is 0.253. The van der Waals surface area contributed by atoms with E-state index in [9.17, 15) is 19.2 Å². The Bertz CT molecular complexity index is 1130. The predicted molar refractivity (Wildman–Crippen MR) is 167 cm³/mol. The topological polar surface area (TPSA) is 123 Å². The van der Waals surface area contributed by atoms with Gasteiger partial charge in [0.05, 0.1) is 13.5 Å². The van der Waals surface area contributed by atoms with E-state index >= 15 is 0 Å². The highest BCUT2D eigenvalue weighted by atomic mass is 32.2. The minimum atomic E-state index is -0.864. The first-order chi connectivity index (χ1) is 20.6. The van der Waals surface area contributed by atoms with Gasteiger partial charge in [0, 0.05) is 31.1 Å². The number of nitrogens with zero attached hydrogens (tertiary/aromatic N) is 1. The minimum absolute atomic E-state index is 0.0414. The number of methoxy groups -OCH3 is 1. The molecule has 43 heavy (non-hydrogen) atoms. The molecule has 0 saturated carbocycles. The third-order valence-corrected chi connectivity index (χ3v) is 7.14. The summed E-state index contributed by atoms with van der Waals surface area (Å²) in [5.41, 5.74) is 1.34. The van der Waals surface area contributed by atoms with Gasteiger partial charge in [0.15, 0.2) is 0 Å². The first kappa shape index (κ1) is 35.5. The first-order valence-electron chi connectivity index (χ1n) is 14.5. The summed E-state index contributed by atoms with van der Waals surface area (Å²) in [4.78, 5) is 51.9. The number of benzene rings is 2. The third-order valence-electron chi connectivity index (χ3n) is 6.13. The first-order valence-corrected chi connectivity index (χ1v) is 15.6. The van der Waals surface area contributed by atoms with Crippen LogP contribution in [0.25, 0.3) is 0 Å². The third kappa shape index (κ3) is 15.9. The number of hydrogen-bond acceptors (Lipinski definition) is 8. The lowest BCUT2D eigenvalue weighted by Gasteiger charge is -2.29. The molecule has 0 fully saturated rings. The van der Waals surface area contributed by atoms with Gasteiger partial charge in [-0.25, -0.2) is 9.59 Å². The van der Waals surface area contributed by atoms with Gasteiger partial charge in [0.1, 0.15) is 18.2 Å². The van der Waals surface area contributed by atoms with Gasteiger partial charge in [-0.1, -0.05) is 60.7 Å². The summed E-state index contributed by atoms with van der Waals surface area (Å²) in [6.45, 7) is 6.33. The Labute approximate surface area is 259 Å². The molecule has 0 aliphatic carbocycles. The van der Waals surface area contributed by atoms with Crippen molar-refractivity contribution in [1.29, 1.82) is 0 Å². The second kappa shape index (κ2) is 19.5. The van der Waals surface area contributed by atoms with E-state index in [4.69, 9.17) is 14.2 Å². The second-order valence-corrected chi connectivity index (χ2v) is 12.0. The number of alkyl carbamates (subject to hydrolysis) is 2.